The van der Waals surface area contributed by atoms with Crippen LogP contribution in [0.5, 0.6) is 0 Å². The van der Waals surface area contributed by atoms with Crippen molar-refractivity contribution < 1.29 is 4.39 Å². The molecule has 5 heteroatoms. The number of halogens is 2. The second kappa shape index (κ2) is 7.81. The Morgan fingerprint density at radius 1 is 1.30 bits per heavy atom. The van der Waals surface area contributed by atoms with Crippen LogP contribution in [0.4, 0.5) is 4.39 Å². The summed E-state index contributed by atoms with van der Waals surface area (Å²) >= 11 is 0. The fourth-order valence-corrected chi connectivity index (χ4v) is 3.32. The number of nitrogens with one attached hydrogen (secondary N) is 2. The molecule has 2 N–H and O–H groups in total. The lowest BCUT2D eigenvalue weighted by Gasteiger charge is -2.18. The molecular formula is C18H27FIN3. The SMILES string of the molecule is CN=C(NCCc1ccc(F)cc1C)NCC1(C2CC2)CC1.I. The van der Waals surface area contributed by atoms with Crippen molar-refractivity contribution in [2.45, 2.75) is 39.0 Å². The van der Waals surface area contributed by atoms with E-state index < -0.39 is 0 Å². The smallest absolute Gasteiger partial charge is 0.191 e. The van der Waals surface area contributed by atoms with E-state index in [9.17, 15) is 4.39 Å². The second-order valence-electron chi connectivity index (χ2n) is 6.81. The topological polar surface area (TPSA) is 36.4 Å². The highest BCUT2D eigenvalue weighted by Crippen LogP contribution is 2.60. The van der Waals surface area contributed by atoms with Crippen LogP contribution in [0.2, 0.25) is 0 Å². The van der Waals surface area contributed by atoms with Crippen LogP contribution in [0.25, 0.3) is 0 Å². The van der Waals surface area contributed by atoms with E-state index in [0.717, 1.165) is 37.0 Å². The molecule has 2 saturated carbocycles. The Kier molecular flexibility index (Phi) is 6.28. The Morgan fingerprint density at radius 3 is 2.61 bits per heavy atom. The molecule has 2 fully saturated rings. The average molecular weight is 431 g/mol. The molecule has 1 aromatic carbocycles. The highest BCUT2D eigenvalue weighted by atomic mass is 127. The van der Waals surface area contributed by atoms with Crippen LogP contribution in [0.1, 0.15) is 36.8 Å². The van der Waals surface area contributed by atoms with Gasteiger partial charge in [-0.25, -0.2) is 4.39 Å². The number of nitrogens with zero attached hydrogens (tertiary/aromatic N) is 1. The van der Waals surface area contributed by atoms with Crippen molar-refractivity contribution >= 4 is 29.9 Å². The summed E-state index contributed by atoms with van der Waals surface area (Å²) in [5.74, 6) is 1.67. The van der Waals surface area contributed by atoms with E-state index >= 15 is 0 Å². The summed E-state index contributed by atoms with van der Waals surface area (Å²) in [4.78, 5) is 4.30. The highest BCUT2D eigenvalue weighted by molar-refractivity contribution is 14.0. The normalized spacial score (nSPS) is 19.0. The van der Waals surface area contributed by atoms with Crippen molar-refractivity contribution in [1.29, 1.82) is 0 Å². The van der Waals surface area contributed by atoms with Crippen molar-refractivity contribution in [2.75, 3.05) is 20.1 Å². The van der Waals surface area contributed by atoms with Crippen molar-refractivity contribution in [3.8, 4) is 0 Å². The van der Waals surface area contributed by atoms with Crippen LogP contribution in [0.3, 0.4) is 0 Å². The first kappa shape index (κ1) is 18.5. The lowest BCUT2D eigenvalue weighted by molar-refractivity contribution is 0.431. The van der Waals surface area contributed by atoms with Crippen LogP contribution in [0.15, 0.2) is 23.2 Å². The maximum absolute atomic E-state index is 13.1. The third-order valence-corrected chi connectivity index (χ3v) is 5.16. The van der Waals surface area contributed by atoms with E-state index in [-0.39, 0.29) is 29.8 Å². The quantitative estimate of drug-likeness (QED) is 0.410. The van der Waals surface area contributed by atoms with Gasteiger partial charge in [-0.1, -0.05) is 6.07 Å². The first-order chi connectivity index (χ1) is 10.6. The molecule has 23 heavy (non-hydrogen) atoms. The fourth-order valence-electron chi connectivity index (χ4n) is 3.32. The number of aliphatic imine (C=N–C) groups is 1. The molecule has 0 bridgehead atoms. The highest BCUT2D eigenvalue weighted by Gasteiger charge is 2.53. The van der Waals surface area contributed by atoms with Gasteiger partial charge in [0.2, 0.25) is 0 Å². The van der Waals surface area contributed by atoms with E-state index in [1.54, 1.807) is 6.07 Å². The van der Waals surface area contributed by atoms with E-state index in [2.05, 4.69) is 15.6 Å². The van der Waals surface area contributed by atoms with E-state index in [1.165, 1.54) is 37.3 Å². The number of aryl methyl sites for hydroxylation is 1. The molecular weight excluding hydrogens is 404 g/mol. The molecule has 0 aromatic heterocycles. The number of hydrogen-bond acceptors (Lipinski definition) is 1. The van der Waals surface area contributed by atoms with Gasteiger partial charge in [0.15, 0.2) is 5.96 Å². The van der Waals surface area contributed by atoms with Crippen molar-refractivity contribution in [2.24, 2.45) is 16.3 Å². The molecule has 128 valence electrons. The minimum absolute atomic E-state index is 0. The first-order valence-corrected chi connectivity index (χ1v) is 8.32. The molecule has 0 spiro atoms. The molecule has 0 heterocycles. The van der Waals surface area contributed by atoms with Gasteiger partial charge in [0.1, 0.15) is 5.82 Å². The van der Waals surface area contributed by atoms with Crippen LogP contribution < -0.4 is 10.6 Å². The van der Waals surface area contributed by atoms with E-state index in [0.29, 0.717) is 5.41 Å². The summed E-state index contributed by atoms with van der Waals surface area (Å²) in [6.07, 6.45) is 6.45. The van der Waals surface area contributed by atoms with Crippen LogP contribution in [-0.2, 0) is 6.42 Å². The molecule has 2 aliphatic rings. The molecule has 0 saturated heterocycles. The minimum Gasteiger partial charge on any atom is -0.356 e. The fraction of sp³-hybridized carbons (Fsp3) is 0.611. The minimum atomic E-state index is -0.165. The second-order valence-corrected chi connectivity index (χ2v) is 6.81. The molecule has 3 nitrogen and oxygen atoms in total. The molecule has 0 aliphatic heterocycles. The zero-order valence-electron chi connectivity index (χ0n) is 14.0. The van der Waals surface area contributed by atoms with Gasteiger partial charge in [-0.3, -0.25) is 4.99 Å². The third kappa shape index (κ3) is 4.81. The molecule has 0 unspecified atom stereocenters. The predicted molar refractivity (Wildman–Crippen MR) is 104 cm³/mol. The molecule has 3 rings (SSSR count). The van der Waals surface area contributed by atoms with Gasteiger partial charge in [0.25, 0.3) is 0 Å². The number of benzene rings is 1. The van der Waals surface area contributed by atoms with Crippen molar-refractivity contribution in [3.05, 3.63) is 35.1 Å². The summed E-state index contributed by atoms with van der Waals surface area (Å²) in [5.41, 5.74) is 2.77. The van der Waals surface area contributed by atoms with Crippen LogP contribution in [-0.4, -0.2) is 26.1 Å². The zero-order chi connectivity index (χ0) is 15.6. The predicted octanol–water partition coefficient (Wildman–Crippen LogP) is 3.65. The van der Waals surface area contributed by atoms with Gasteiger partial charge >= 0.3 is 0 Å². The van der Waals surface area contributed by atoms with Crippen LogP contribution >= 0.6 is 24.0 Å². The third-order valence-electron chi connectivity index (χ3n) is 5.16. The lowest BCUT2D eigenvalue weighted by Crippen LogP contribution is -2.41. The number of rotatable bonds is 6. The largest absolute Gasteiger partial charge is 0.356 e. The zero-order valence-corrected chi connectivity index (χ0v) is 16.3. The van der Waals surface area contributed by atoms with Gasteiger partial charge in [-0.15, -0.1) is 24.0 Å². The Balaban J connectivity index is 0.00000192. The standard InChI is InChI=1S/C18H26FN3.HI/c1-13-11-16(19)6-3-14(13)7-10-21-17(20-2)22-12-18(8-9-18)15-4-5-15;/h3,6,11,15H,4-5,7-10,12H2,1-2H3,(H2,20,21,22);1H. The molecule has 0 radical (unpaired) electrons. The number of hydrogen-bond donors (Lipinski definition) is 2. The average Bonchev–Trinajstić information content (AvgIpc) is 3.37. The monoisotopic (exact) mass is 431 g/mol. The first-order valence-electron chi connectivity index (χ1n) is 8.32. The summed E-state index contributed by atoms with van der Waals surface area (Å²) < 4.78 is 13.1. The maximum atomic E-state index is 13.1. The Hall–Kier alpha value is -0.850. The summed E-state index contributed by atoms with van der Waals surface area (Å²) in [5, 5.41) is 6.85. The molecule has 0 amide bonds. The summed E-state index contributed by atoms with van der Waals surface area (Å²) in [7, 11) is 1.81. The summed E-state index contributed by atoms with van der Waals surface area (Å²) in [6.45, 7) is 3.81. The van der Waals surface area contributed by atoms with Gasteiger partial charge in [-0.05, 0) is 73.6 Å². The molecule has 0 atom stereocenters. The maximum Gasteiger partial charge on any atom is 0.191 e. The van der Waals surface area contributed by atoms with Crippen LogP contribution in [0, 0.1) is 24.1 Å². The van der Waals surface area contributed by atoms with Crippen molar-refractivity contribution in [1.82, 2.24) is 10.6 Å². The Bertz CT molecular complexity index is 565. The van der Waals surface area contributed by atoms with Crippen molar-refractivity contribution in [3.63, 3.8) is 0 Å². The molecule has 1 aromatic rings. The van der Waals surface area contributed by atoms with E-state index in [1.807, 2.05) is 20.0 Å². The van der Waals surface area contributed by atoms with Gasteiger partial charge in [0, 0.05) is 20.1 Å². The number of guanidine groups is 1. The molecule has 2 aliphatic carbocycles. The van der Waals surface area contributed by atoms with Gasteiger partial charge in [-0.2, -0.15) is 0 Å². The Labute approximate surface area is 155 Å². The van der Waals surface area contributed by atoms with Gasteiger partial charge in [0.05, 0.1) is 0 Å². The Morgan fingerprint density at radius 2 is 2.04 bits per heavy atom. The van der Waals surface area contributed by atoms with E-state index in [4.69, 9.17) is 0 Å². The van der Waals surface area contributed by atoms with Gasteiger partial charge < -0.3 is 10.6 Å². The lowest BCUT2D eigenvalue weighted by atomic mass is 10.0. The summed E-state index contributed by atoms with van der Waals surface area (Å²) in [6, 6.07) is 4.99.